The van der Waals surface area contributed by atoms with Gasteiger partial charge in [-0.25, -0.2) is 0 Å². The van der Waals surface area contributed by atoms with Gasteiger partial charge in [-0.1, -0.05) is 0 Å². The first-order chi connectivity index (χ1) is 4.43. The summed E-state index contributed by atoms with van der Waals surface area (Å²) >= 11 is -0.727. The molecule has 0 amide bonds. The minimum absolute atomic E-state index is 0. The van der Waals surface area contributed by atoms with Gasteiger partial charge in [-0.3, -0.25) is 0 Å². The van der Waals surface area contributed by atoms with E-state index < -0.39 is 16.2 Å². The predicted molar refractivity (Wildman–Crippen MR) is 28.5 cm³/mol. The molecule has 0 N–H and O–H groups in total. The zero-order valence-electron chi connectivity index (χ0n) is 5.58. The third-order valence-corrected chi connectivity index (χ3v) is 1.75. The normalized spacial score (nSPS) is 12.0. The molecule has 4 heteroatoms. The molecule has 1 rings (SSSR count). The van der Waals surface area contributed by atoms with Gasteiger partial charge in [0, 0.05) is 0 Å². The van der Waals surface area contributed by atoms with Gasteiger partial charge in [-0.05, 0) is 0 Å². The second kappa shape index (κ2) is 9.11. The Balaban J connectivity index is 0. The SMILES string of the molecule is C[O-].[Cl-].[O]=[V+2][C]1=CC=CC1. The van der Waals surface area contributed by atoms with E-state index in [4.69, 9.17) is 5.11 Å². The van der Waals surface area contributed by atoms with Crippen molar-refractivity contribution in [2.24, 2.45) is 0 Å². The van der Waals surface area contributed by atoms with Crippen LogP contribution in [0.1, 0.15) is 6.42 Å². The summed E-state index contributed by atoms with van der Waals surface area (Å²) < 4.78 is 11.2. The summed E-state index contributed by atoms with van der Waals surface area (Å²) in [4.78, 5) is 0. The summed E-state index contributed by atoms with van der Waals surface area (Å²) in [6.07, 6.45) is 6.81. The first kappa shape index (κ1) is 12.8. The maximum absolute atomic E-state index is 10.1. The molecule has 56 valence electrons. The van der Waals surface area contributed by atoms with Crippen LogP contribution >= 0.6 is 0 Å². The van der Waals surface area contributed by atoms with Gasteiger partial charge in [0.1, 0.15) is 0 Å². The first-order valence-electron chi connectivity index (χ1n) is 2.53. The molecule has 0 spiro atoms. The van der Waals surface area contributed by atoms with E-state index in [1.165, 1.54) is 0 Å². The monoisotopic (exact) mass is 198 g/mol. The number of hydrogen-bond acceptors (Lipinski definition) is 2. The second-order valence-corrected chi connectivity index (χ2v) is 2.56. The average Bonchev–Trinajstić information content (AvgIpc) is 2.43. The van der Waals surface area contributed by atoms with Gasteiger partial charge in [-0.2, -0.15) is 7.11 Å². The van der Waals surface area contributed by atoms with Crippen molar-refractivity contribution in [3.8, 4) is 0 Å². The van der Waals surface area contributed by atoms with Crippen LogP contribution < -0.4 is 17.5 Å². The minimum atomic E-state index is -0.727. The molecule has 0 aromatic heterocycles. The quantitative estimate of drug-likeness (QED) is 0.458. The van der Waals surface area contributed by atoms with Crippen molar-refractivity contribution in [3.05, 3.63) is 22.5 Å². The topological polar surface area (TPSA) is 40.1 Å². The molecule has 0 heterocycles. The molecule has 0 atom stereocenters. The Hall–Kier alpha value is 0.114. The average molecular weight is 199 g/mol. The van der Waals surface area contributed by atoms with Gasteiger partial charge in [0.05, 0.1) is 0 Å². The van der Waals surface area contributed by atoms with E-state index in [2.05, 4.69) is 0 Å². The van der Waals surface area contributed by atoms with Gasteiger partial charge in [0.25, 0.3) is 0 Å². The van der Waals surface area contributed by atoms with Crippen molar-refractivity contribution in [3.63, 3.8) is 0 Å². The molecule has 0 radical (unpaired) electrons. The van der Waals surface area contributed by atoms with Crippen LogP contribution in [0.5, 0.6) is 0 Å². The van der Waals surface area contributed by atoms with Gasteiger partial charge >= 0.3 is 48.8 Å². The number of hydrogen-bond donors (Lipinski definition) is 0. The maximum atomic E-state index is 10.1. The molecule has 0 bridgehead atoms. The Morgan fingerprint density at radius 2 is 2.20 bits per heavy atom. The zero-order chi connectivity index (χ0) is 7.11. The first-order valence-corrected chi connectivity index (χ1v) is 3.80. The van der Waals surface area contributed by atoms with E-state index in [0.29, 0.717) is 0 Å². The van der Waals surface area contributed by atoms with Crippen LogP contribution in [-0.4, -0.2) is 7.11 Å². The Morgan fingerprint density at radius 3 is 2.40 bits per heavy atom. The molecule has 0 unspecified atom stereocenters. The Kier molecular flexibility index (Phi) is 11.6. The van der Waals surface area contributed by atoms with Crippen molar-refractivity contribution in [1.29, 1.82) is 0 Å². The van der Waals surface area contributed by atoms with E-state index in [-0.39, 0.29) is 12.4 Å². The molecular weight excluding hydrogens is 190 g/mol. The van der Waals surface area contributed by atoms with Crippen LogP contribution in [-0.2, 0) is 19.9 Å². The molecule has 10 heavy (non-hydrogen) atoms. The number of halogens is 1. The third-order valence-electron chi connectivity index (χ3n) is 0.869. The summed E-state index contributed by atoms with van der Waals surface area (Å²) in [6.45, 7) is 0. The van der Waals surface area contributed by atoms with Gasteiger partial charge < -0.3 is 17.5 Å². The molecule has 1 aliphatic carbocycles. The van der Waals surface area contributed by atoms with Crippen LogP contribution in [0.4, 0.5) is 0 Å². The molecule has 0 aromatic carbocycles. The van der Waals surface area contributed by atoms with Gasteiger partial charge in [0.15, 0.2) is 0 Å². The van der Waals surface area contributed by atoms with Crippen molar-refractivity contribution >= 4 is 0 Å². The Labute approximate surface area is 73.7 Å². The standard InChI is InChI=1S/C5H5.CH3O.ClH.O.V/c1-2-4-5-3-1;1-2;;;/h1-3H,4H2;1H3;1H;;/q;-1;;;+2/p-1. The predicted octanol–water partition coefficient (Wildman–Crippen LogP) is -2.76. The van der Waals surface area contributed by atoms with Gasteiger partial charge in [0.2, 0.25) is 0 Å². The van der Waals surface area contributed by atoms with E-state index in [1.54, 1.807) is 0 Å². The third kappa shape index (κ3) is 4.94. The van der Waals surface area contributed by atoms with Crippen molar-refractivity contribution < 1.29 is 37.4 Å². The molecule has 0 aliphatic heterocycles. The molecule has 0 aromatic rings. The van der Waals surface area contributed by atoms with Crippen LogP contribution in [0, 0.1) is 0 Å². The fourth-order valence-electron chi connectivity index (χ4n) is 0.504. The summed E-state index contributed by atoms with van der Waals surface area (Å²) in [7, 11) is 0.750. The van der Waals surface area contributed by atoms with Crippen molar-refractivity contribution in [2.75, 3.05) is 7.11 Å². The van der Waals surface area contributed by atoms with E-state index in [1.807, 2.05) is 18.2 Å². The van der Waals surface area contributed by atoms with Crippen LogP contribution in [0.15, 0.2) is 22.5 Å². The van der Waals surface area contributed by atoms with E-state index >= 15 is 0 Å². The molecule has 0 fully saturated rings. The summed E-state index contributed by atoms with van der Waals surface area (Å²) in [5, 5.41) is 8.25. The zero-order valence-corrected chi connectivity index (χ0v) is 7.73. The van der Waals surface area contributed by atoms with E-state index in [0.717, 1.165) is 17.8 Å². The second-order valence-electron chi connectivity index (χ2n) is 1.38. The molecule has 0 saturated heterocycles. The molecule has 2 nitrogen and oxygen atoms in total. The summed E-state index contributed by atoms with van der Waals surface area (Å²) in [5.74, 6) is 0. The summed E-state index contributed by atoms with van der Waals surface area (Å²) in [5.41, 5.74) is 0. The number of rotatable bonds is 1. The van der Waals surface area contributed by atoms with Crippen LogP contribution in [0.2, 0.25) is 0 Å². The number of allylic oxidation sites excluding steroid dienone is 4. The Bertz CT molecular complexity index is 143. The fourth-order valence-corrected chi connectivity index (χ4v) is 1.01. The van der Waals surface area contributed by atoms with Crippen LogP contribution in [0.3, 0.4) is 0 Å². The van der Waals surface area contributed by atoms with E-state index in [9.17, 15) is 3.67 Å². The molecular formula is C6H8ClO2V. The van der Waals surface area contributed by atoms with Crippen LogP contribution in [0.25, 0.3) is 0 Å². The fraction of sp³-hybridized carbons (Fsp3) is 0.333. The summed E-state index contributed by atoms with van der Waals surface area (Å²) in [6, 6.07) is 0. The molecule has 0 saturated carbocycles. The Morgan fingerprint density at radius 1 is 1.60 bits per heavy atom. The van der Waals surface area contributed by atoms with Gasteiger partial charge in [-0.15, -0.1) is 0 Å². The van der Waals surface area contributed by atoms with Crippen molar-refractivity contribution in [2.45, 2.75) is 6.42 Å². The molecule has 1 aliphatic rings. The van der Waals surface area contributed by atoms with Crippen molar-refractivity contribution in [1.82, 2.24) is 0 Å².